The third-order valence-corrected chi connectivity index (χ3v) is 8.46. The van der Waals surface area contributed by atoms with Crippen molar-refractivity contribution >= 4 is 50.7 Å². The maximum Gasteiger partial charge on any atom is 0.283 e. The standard InChI is InChI=1S/C34H31N5O3S/c1-5-8-23-13-16-29(30(19-23)41-4)42-18-17-38-22(3)26(25-9-6-7-10-28(25)38)20-27-31(35)39-34(36-32(27)40)43-33(37-39)24-14-11-21(2)12-15-24/h5-7,9-16,19-20,35H,1,8,17-18H2,2-4H3/b27-20+,35-31?. The first-order valence-corrected chi connectivity index (χ1v) is 14.7. The molecule has 0 unspecified atom stereocenters. The summed E-state index contributed by atoms with van der Waals surface area (Å²) in [6.45, 7) is 8.84. The number of nitrogens with zero attached hydrogens (tertiary/aromatic N) is 4. The number of aromatic nitrogens is 1. The van der Waals surface area contributed by atoms with Gasteiger partial charge in [0.15, 0.2) is 17.3 Å². The Labute approximate surface area is 254 Å². The summed E-state index contributed by atoms with van der Waals surface area (Å²) in [7, 11) is 1.63. The van der Waals surface area contributed by atoms with Crippen LogP contribution in [0.25, 0.3) is 17.0 Å². The Hall–Kier alpha value is -4.89. The van der Waals surface area contributed by atoms with Crippen molar-refractivity contribution in [2.75, 3.05) is 13.7 Å². The predicted octanol–water partition coefficient (Wildman–Crippen LogP) is 6.74. The van der Waals surface area contributed by atoms with Gasteiger partial charge in [0, 0.05) is 27.7 Å². The number of nitrogens with one attached hydrogen (secondary N) is 1. The molecule has 3 heterocycles. The molecule has 0 saturated carbocycles. The average Bonchev–Trinajstić information content (AvgIpc) is 3.55. The molecule has 3 aromatic carbocycles. The van der Waals surface area contributed by atoms with Gasteiger partial charge in [-0.25, -0.2) is 0 Å². The summed E-state index contributed by atoms with van der Waals surface area (Å²) < 4.78 is 13.9. The van der Waals surface area contributed by atoms with E-state index < -0.39 is 5.91 Å². The molecule has 1 amide bonds. The zero-order chi connectivity index (χ0) is 30.1. The first-order valence-electron chi connectivity index (χ1n) is 13.9. The van der Waals surface area contributed by atoms with Gasteiger partial charge in [-0.2, -0.15) is 15.1 Å². The summed E-state index contributed by atoms with van der Waals surface area (Å²) in [5.74, 6) is 0.920. The van der Waals surface area contributed by atoms with Crippen LogP contribution < -0.4 is 9.47 Å². The Morgan fingerprint density at radius 2 is 1.84 bits per heavy atom. The van der Waals surface area contributed by atoms with Crippen LogP contribution >= 0.6 is 11.8 Å². The van der Waals surface area contributed by atoms with Crippen molar-refractivity contribution in [1.82, 2.24) is 9.58 Å². The first-order chi connectivity index (χ1) is 20.9. The predicted molar refractivity (Wildman–Crippen MR) is 174 cm³/mol. The van der Waals surface area contributed by atoms with Gasteiger partial charge < -0.3 is 14.0 Å². The van der Waals surface area contributed by atoms with Crippen LogP contribution in [0, 0.1) is 19.3 Å². The van der Waals surface area contributed by atoms with Crippen LogP contribution in [0.15, 0.2) is 95.1 Å². The van der Waals surface area contributed by atoms with Crippen molar-refractivity contribution in [1.29, 1.82) is 5.41 Å². The fraction of sp³-hybridized carbons (Fsp3) is 0.176. The number of amides is 1. The molecule has 216 valence electrons. The normalized spacial score (nSPS) is 15.5. The number of amidine groups is 2. The Morgan fingerprint density at radius 1 is 1.05 bits per heavy atom. The SMILES string of the molecule is C=CCc1ccc(OCCn2c(C)c(/C=C3\C(=N)N4N=C(c5ccc(C)cc5)SC4=NC3=O)c3ccccc32)c(OC)c1. The van der Waals surface area contributed by atoms with Gasteiger partial charge in [-0.05, 0) is 61.9 Å². The van der Waals surface area contributed by atoms with Crippen molar-refractivity contribution in [3.8, 4) is 11.5 Å². The Bertz CT molecular complexity index is 1870. The summed E-state index contributed by atoms with van der Waals surface area (Å²) in [6, 6.07) is 21.9. The Kier molecular flexibility index (Phi) is 7.73. The van der Waals surface area contributed by atoms with E-state index in [1.165, 1.54) is 16.8 Å². The highest BCUT2D eigenvalue weighted by Gasteiger charge is 2.36. The number of methoxy groups -OCH3 is 1. The molecule has 1 aromatic heterocycles. The molecule has 0 spiro atoms. The van der Waals surface area contributed by atoms with Crippen molar-refractivity contribution in [2.24, 2.45) is 10.1 Å². The molecule has 0 aliphatic carbocycles. The number of carbonyl (C=O) groups is 1. The lowest BCUT2D eigenvalue weighted by molar-refractivity contribution is -0.114. The first kappa shape index (κ1) is 28.2. The van der Waals surface area contributed by atoms with E-state index in [4.69, 9.17) is 14.9 Å². The molecule has 0 saturated heterocycles. The fourth-order valence-electron chi connectivity index (χ4n) is 5.25. The lowest BCUT2D eigenvalue weighted by Crippen LogP contribution is -2.35. The fourth-order valence-corrected chi connectivity index (χ4v) is 6.15. The molecular weight excluding hydrogens is 558 g/mol. The van der Waals surface area contributed by atoms with Gasteiger partial charge in [0.05, 0.1) is 19.2 Å². The number of hydrogen-bond donors (Lipinski definition) is 1. The van der Waals surface area contributed by atoms with Gasteiger partial charge in [-0.15, -0.1) is 6.58 Å². The summed E-state index contributed by atoms with van der Waals surface area (Å²) >= 11 is 1.30. The lowest BCUT2D eigenvalue weighted by atomic mass is 10.1. The molecule has 9 heteroatoms. The molecule has 0 radical (unpaired) electrons. The molecule has 2 aliphatic heterocycles. The second-order valence-electron chi connectivity index (χ2n) is 10.3. The lowest BCUT2D eigenvalue weighted by Gasteiger charge is -2.20. The maximum atomic E-state index is 13.2. The van der Waals surface area contributed by atoms with Crippen LogP contribution in [0.2, 0.25) is 0 Å². The second-order valence-corrected chi connectivity index (χ2v) is 11.2. The smallest absolute Gasteiger partial charge is 0.283 e. The molecular formula is C34H31N5O3S. The quantitative estimate of drug-likeness (QED) is 0.172. The summed E-state index contributed by atoms with van der Waals surface area (Å²) in [4.78, 5) is 17.5. The molecule has 6 rings (SSSR count). The van der Waals surface area contributed by atoms with Gasteiger partial charge in [-0.3, -0.25) is 10.2 Å². The number of hydrazone groups is 1. The van der Waals surface area contributed by atoms with E-state index in [1.807, 2.05) is 80.6 Å². The van der Waals surface area contributed by atoms with E-state index in [9.17, 15) is 4.79 Å². The van der Waals surface area contributed by atoms with Crippen LogP contribution in [0.5, 0.6) is 11.5 Å². The topological polar surface area (TPSA) is 92.3 Å². The number of allylic oxidation sites excluding steroid dienone is 1. The summed E-state index contributed by atoms with van der Waals surface area (Å²) in [6.07, 6.45) is 4.38. The molecule has 8 nitrogen and oxygen atoms in total. The number of benzene rings is 3. The number of aryl methyl sites for hydroxylation is 1. The molecule has 4 aromatic rings. The van der Waals surface area contributed by atoms with E-state index in [0.717, 1.165) is 45.3 Å². The second kappa shape index (κ2) is 11.8. The summed E-state index contributed by atoms with van der Waals surface area (Å²) in [5, 5.41) is 17.1. The van der Waals surface area contributed by atoms with Gasteiger partial charge in [0.25, 0.3) is 5.91 Å². The van der Waals surface area contributed by atoms with Crippen LogP contribution in [-0.4, -0.2) is 45.2 Å². The minimum atomic E-state index is -0.448. The van der Waals surface area contributed by atoms with Gasteiger partial charge in [0.2, 0.25) is 5.17 Å². The van der Waals surface area contributed by atoms with Gasteiger partial charge in [0.1, 0.15) is 11.7 Å². The number of fused-ring (bicyclic) bond motifs is 2. The zero-order valence-electron chi connectivity index (χ0n) is 24.3. The number of rotatable bonds is 9. The zero-order valence-corrected chi connectivity index (χ0v) is 25.1. The summed E-state index contributed by atoms with van der Waals surface area (Å²) in [5.41, 5.74) is 6.21. The molecule has 0 bridgehead atoms. The maximum absolute atomic E-state index is 13.2. The number of thioether (sulfide) groups is 1. The highest BCUT2D eigenvalue weighted by molar-refractivity contribution is 8.27. The molecule has 2 aliphatic rings. The Morgan fingerprint density at radius 3 is 2.60 bits per heavy atom. The van der Waals surface area contributed by atoms with E-state index in [0.29, 0.717) is 34.9 Å². The number of para-hydroxylation sites is 1. The van der Waals surface area contributed by atoms with Crippen LogP contribution in [-0.2, 0) is 17.8 Å². The van der Waals surface area contributed by atoms with Gasteiger partial charge >= 0.3 is 0 Å². The monoisotopic (exact) mass is 589 g/mol. The third kappa shape index (κ3) is 5.39. The molecule has 0 atom stereocenters. The van der Waals surface area contributed by atoms with E-state index >= 15 is 0 Å². The van der Waals surface area contributed by atoms with Crippen molar-refractivity contribution in [2.45, 2.75) is 26.8 Å². The number of carbonyl (C=O) groups excluding carboxylic acids is 1. The molecule has 0 fully saturated rings. The third-order valence-electron chi connectivity index (χ3n) is 7.50. The van der Waals surface area contributed by atoms with Gasteiger partial charge in [-0.1, -0.05) is 60.2 Å². The van der Waals surface area contributed by atoms with E-state index in [-0.39, 0.29) is 11.4 Å². The number of hydrogen-bond acceptors (Lipinski definition) is 6. The Balaban J connectivity index is 1.28. The van der Waals surface area contributed by atoms with Crippen LogP contribution in [0.3, 0.4) is 0 Å². The largest absolute Gasteiger partial charge is 0.493 e. The number of ether oxygens (including phenoxy) is 2. The minimum absolute atomic E-state index is 0.0103. The minimum Gasteiger partial charge on any atom is -0.493 e. The van der Waals surface area contributed by atoms with Crippen LogP contribution in [0.1, 0.15) is 27.9 Å². The van der Waals surface area contributed by atoms with Crippen molar-refractivity contribution in [3.63, 3.8) is 0 Å². The highest BCUT2D eigenvalue weighted by Crippen LogP contribution is 2.34. The highest BCUT2D eigenvalue weighted by atomic mass is 32.2. The van der Waals surface area contributed by atoms with Crippen molar-refractivity contribution in [3.05, 3.63) is 113 Å². The molecule has 1 N–H and O–H groups in total. The van der Waals surface area contributed by atoms with Crippen molar-refractivity contribution < 1.29 is 14.3 Å². The van der Waals surface area contributed by atoms with E-state index in [2.05, 4.69) is 27.3 Å². The molecule has 43 heavy (non-hydrogen) atoms. The average molecular weight is 590 g/mol. The van der Waals surface area contributed by atoms with E-state index in [1.54, 1.807) is 13.2 Å². The van der Waals surface area contributed by atoms with Crippen LogP contribution in [0.4, 0.5) is 0 Å². The number of aliphatic imine (C=N–C) groups is 1.